The van der Waals surface area contributed by atoms with E-state index in [9.17, 15) is 9.90 Å². The maximum Gasteiger partial charge on any atom is 0.315 e. The van der Waals surface area contributed by atoms with Gasteiger partial charge in [0.15, 0.2) is 0 Å². The van der Waals surface area contributed by atoms with Crippen molar-refractivity contribution in [1.82, 2.24) is 10.6 Å². The third-order valence-corrected chi connectivity index (χ3v) is 3.94. The van der Waals surface area contributed by atoms with E-state index in [2.05, 4.69) is 10.6 Å². The fourth-order valence-electron chi connectivity index (χ4n) is 2.24. The average Bonchev–Trinajstić information content (AvgIpc) is 3.24. The Morgan fingerprint density at radius 1 is 1.36 bits per heavy atom. The minimum absolute atomic E-state index is 0.0763. The third kappa shape index (κ3) is 4.63. The highest BCUT2D eigenvalue weighted by atomic mass is 16.5. The molecule has 1 aliphatic carbocycles. The molecule has 0 aromatic heterocycles. The van der Waals surface area contributed by atoms with Crippen molar-refractivity contribution in [1.29, 1.82) is 0 Å². The lowest BCUT2D eigenvalue weighted by Gasteiger charge is -2.16. The highest BCUT2D eigenvalue weighted by molar-refractivity contribution is 5.74. The molecule has 0 atom stereocenters. The first-order valence-corrected chi connectivity index (χ1v) is 7.83. The average molecular weight is 306 g/mol. The summed E-state index contributed by atoms with van der Waals surface area (Å²) in [6.45, 7) is 7.06. The molecule has 3 N–H and O–H groups in total. The number of hydrogen-bond acceptors (Lipinski definition) is 3. The summed E-state index contributed by atoms with van der Waals surface area (Å²) in [5.41, 5.74) is 2.01. The second-order valence-electron chi connectivity index (χ2n) is 6.47. The highest BCUT2D eigenvalue weighted by Gasteiger charge is 2.42. The second kappa shape index (κ2) is 7.01. The predicted octanol–water partition coefficient (Wildman–Crippen LogP) is 2.35. The molecule has 1 saturated carbocycles. The zero-order valence-electron chi connectivity index (χ0n) is 13.6. The van der Waals surface area contributed by atoms with Crippen LogP contribution in [-0.2, 0) is 6.54 Å². The van der Waals surface area contributed by atoms with Crippen LogP contribution in [0.15, 0.2) is 18.2 Å². The monoisotopic (exact) mass is 306 g/mol. The van der Waals surface area contributed by atoms with Crippen LogP contribution in [0.3, 0.4) is 0 Å². The van der Waals surface area contributed by atoms with E-state index in [-0.39, 0.29) is 24.2 Å². The van der Waals surface area contributed by atoms with Crippen molar-refractivity contribution in [2.45, 2.75) is 46.3 Å². The topological polar surface area (TPSA) is 70.6 Å². The number of urea groups is 1. The van der Waals surface area contributed by atoms with Crippen LogP contribution in [0.1, 0.15) is 37.8 Å². The van der Waals surface area contributed by atoms with Gasteiger partial charge in [-0.3, -0.25) is 0 Å². The molecule has 0 saturated heterocycles. The van der Waals surface area contributed by atoms with Gasteiger partial charge >= 0.3 is 6.03 Å². The molecule has 2 rings (SSSR count). The summed E-state index contributed by atoms with van der Waals surface area (Å²) < 4.78 is 5.80. The number of ether oxygens (including phenoxy) is 1. The molecule has 0 spiro atoms. The van der Waals surface area contributed by atoms with Gasteiger partial charge in [-0.1, -0.05) is 12.1 Å². The molecule has 5 nitrogen and oxygen atoms in total. The van der Waals surface area contributed by atoms with Crippen molar-refractivity contribution in [2.24, 2.45) is 5.41 Å². The minimum Gasteiger partial charge on any atom is -0.491 e. The molecule has 0 bridgehead atoms. The Hall–Kier alpha value is -1.75. The van der Waals surface area contributed by atoms with Gasteiger partial charge in [-0.25, -0.2) is 4.79 Å². The minimum atomic E-state index is -0.212. The molecule has 1 aromatic rings. The van der Waals surface area contributed by atoms with E-state index in [4.69, 9.17) is 4.74 Å². The first-order chi connectivity index (χ1) is 10.4. The summed E-state index contributed by atoms with van der Waals surface area (Å²) in [5, 5.41) is 14.9. The van der Waals surface area contributed by atoms with Crippen molar-refractivity contribution in [3.8, 4) is 5.75 Å². The summed E-state index contributed by atoms with van der Waals surface area (Å²) >= 11 is 0. The highest BCUT2D eigenvalue weighted by Crippen LogP contribution is 2.44. The number of rotatable bonds is 7. The lowest BCUT2D eigenvalue weighted by molar-refractivity contribution is 0.203. The van der Waals surface area contributed by atoms with E-state index in [0.717, 1.165) is 29.7 Å². The molecule has 122 valence electrons. The molecule has 2 amide bonds. The smallest absolute Gasteiger partial charge is 0.315 e. The normalized spacial score (nSPS) is 15.5. The summed E-state index contributed by atoms with van der Waals surface area (Å²) in [6, 6.07) is 5.76. The number of hydrogen-bond donors (Lipinski definition) is 3. The molecule has 1 aromatic carbocycles. The summed E-state index contributed by atoms with van der Waals surface area (Å²) in [4.78, 5) is 11.9. The van der Waals surface area contributed by atoms with Crippen molar-refractivity contribution in [2.75, 3.05) is 13.2 Å². The Bertz CT molecular complexity index is 525. The van der Waals surface area contributed by atoms with Gasteiger partial charge in [0.1, 0.15) is 5.75 Å². The Morgan fingerprint density at radius 3 is 2.68 bits per heavy atom. The molecule has 0 heterocycles. The van der Waals surface area contributed by atoms with E-state index in [0.29, 0.717) is 13.1 Å². The van der Waals surface area contributed by atoms with E-state index < -0.39 is 0 Å². The fraction of sp³-hybridized carbons (Fsp3) is 0.588. The second-order valence-corrected chi connectivity index (χ2v) is 6.47. The Morgan fingerprint density at radius 2 is 2.09 bits per heavy atom. The van der Waals surface area contributed by atoms with Crippen LogP contribution in [0.25, 0.3) is 0 Å². The SMILES string of the molecule is Cc1ccc(CNC(=O)NCC2(CO)CC2)c(OC(C)C)c1. The Kier molecular flexibility index (Phi) is 5.29. The number of amides is 2. The van der Waals surface area contributed by atoms with Crippen LogP contribution < -0.4 is 15.4 Å². The molecule has 0 radical (unpaired) electrons. The van der Waals surface area contributed by atoms with E-state index in [1.54, 1.807) is 0 Å². The van der Waals surface area contributed by atoms with Gasteiger partial charge in [-0.15, -0.1) is 0 Å². The first kappa shape index (κ1) is 16.6. The van der Waals surface area contributed by atoms with Crippen LogP contribution in [0.4, 0.5) is 4.79 Å². The van der Waals surface area contributed by atoms with Crippen molar-refractivity contribution in [3.05, 3.63) is 29.3 Å². The lowest BCUT2D eigenvalue weighted by Crippen LogP contribution is -2.39. The van der Waals surface area contributed by atoms with Gasteiger partial charge in [0.05, 0.1) is 12.7 Å². The third-order valence-electron chi connectivity index (χ3n) is 3.94. The van der Waals surface area contributed by atoms with Gasteiger partial charge in [0.2, 0.25) is 0 Å². The molecule has 0 unspecified atom stereocenters. The number of aliphatic hydroxyl groups excluding tert-OH is 1. The number of nitrogens with one attached hydrogen (secondary N) is 2. The summed E-state index contributed by atoms with van der Waals surface area (Å²) in [6.07, 6.45) is 2.05. The number of aliphatic hydroxyl groups is 1. The maximum absolute atomic E-state index is 11.9. The van der Waals surface area contributed by atoms with Gasteiger partial charge < -0.3 is 20.5 Å². The summed E-state index contributed by atoms with van der Waals surface area (Å²) in [5.74, 6) is 0.810. The molecule has 0 aliphatic heterocycles. The van der Waals surface area contributed by atoms with E-state index in [1.165, 1.54) is 0 Å². The Balaban J connectivity index is 1.86. The molecule has 5 heteroatoms. The fourth-order valence-corrected chi connectivity index (χ4v) is 2.24. The van der Waals surface area contributed by atoms with Gasteiger partial charge in [-0.2, -0.15) is 0 Å². The zero-order valence-corrected chi connectivity index (χ0v) is 13.6. The van der Waals surface area contributed by atoms with Crippen LogP contribution >= 0.6 is 0 Å². The molecule has 1 aliphatic rings. The van der Waals surface area contributed by atoms with E-state index >= 15 is 0 Å². The lowest BCUT2D eigenvalue weighted by atomic mass is 10.1. The molecule has 22 heavy (non-hydrogen) atoms. The largest absolute Gasteiger partial charge is 0.491 e. The quantitative estimate of drug-likeness (QED) is 0.724. The van der Waals surface area contributed by atoms with Crippen LogP contribution in [0.5, 0.6) is 5.75 Å². The number of carbonyl (C=O) groups is 1. The van der Waals surface area contributed by atoms with E-state index in [1.807, 2.05) is 39.0 Å². The number of carbonyl (C=O) groups excluding carboxylic acids is 1. The first-order valence-electron chi connectivity index (χ1n) is 7.83. The molecule has 1 fully saturated rings. The molecular weight excluding hydrogens is 280 g/mol. The zero-order chi connectivity index (χ0) is 16.2. The van der Waals surface area contributed by atoms with Crippen molar-refractivity contribution in [3.63, 3.8) is 0 Å². The Labute approximate surface area is 132 Å². The standard InChI is InChI=1S/C17H26N2O3/c1-12(2)22-15-8-13(3)4-5-14(15)9-18-16(21)19-10-17(11-20)6-7-17/h4-5,8,12,20H,6-7,9-11H2,1-3H3,(H2,18,19,21). The number of aryl methyl sites for hydroxylation is 1. The van der Waals surface area contributed by atoms with Crippen molar-refractivity contribution >= 4 is 6.03 Å². The molecular formula is C17H26N2O3. The van der Waals surface area contributed by atoms with Gasteiger partial charge in [-0.05, 0) is 45.2 Å². The predicted molar refractivity (Wildman–Crippen MR) is 85.9 cm³/mol. The van der Waals surface area contributed by atoms with Gasteiger partial charge in [0.25, 0.3) is 0 Å². The maximum atomic E-state index is 11.9. The number of benzene rings is 1. The van der Waals surface area contributed by atoms with Crippen LogP contribution in [0.2, 0.25) is 0 Å². The van der Waals surface area contributed by atoms with Gasteiger partial charge in [0, 0.05) is 24.1 Å². The summed E-state index contributed by atoms with van der Waals surface area (Å²) in [7, 11) is 0. The van der Waals surface area contributed by atoms with Crippen LogP contribution in [0, 0.1) is 12.3 Å². The van der Waals surface area contributed by atoms with Crippen molar-refractivity contribution < 1.29 is 14.6 Å². The van der Waals surface area contributed by atoms with Crippen LogP contribution in [-0.4, -0.2) is 30.4 Å².